The predicted molar refractivity (Wildman–Crippen MR) is 126 cm³/mol. The highest BCUT2D eigenvalue weighted by Crippen LogP contribution is 2.38. The number of anilines is 1. The molecule has 2 fully saturated rings. The van der Waals surface area contributed by atoms with Crippen LogP contribution in [0.3, 0.4) is 0 Å². The summed E-state index contributed by atoms with van der Waals surface area (Å²) in [6.07, 6.45) is 3.16. The van der Waals surface area contributed by atoms with Crippen LogP contribution in [0.25, 0.3) is 10.9 Å². The molecular weight excluding hydrogens is 463 g/mol. The van der Waals surface area contributed by atoms with E-state index in [1.807, 2.05) is 4.90 Å². The minimum atomic E-state index is -1.31. The molecule has 11 heteroatoms. The standard InChI is InChI=1S/C23H21FN4O5S/c24-19-11-17-20(27(14-1-2-14)13-18(22(17)29)23(30)31)12-21(19)25-7-9-26(10-8-25)34-16-5-3-15(4-6-16)28(32)33/h3-6,11-14H,1-2,7-10H2,(H,30,31). The van der Waals surface area contributed by atoms with Gasteiger partial charge in [-0.2, -0.15) is 0 Å². The van der Waals surface area contributed by atoms with Gasteiger partial charge in [0.25, 0.3) is 5.69 Å². The number of carboxylic acid groups (broad SMARTS) is 1. The van der Waals surface area contributed by atoms with E-state index >= 15 is 4.39 Å². The molecule has 0 unspecified atom stereocenters. The number of nitro groups is 1. The van der Waals surface area contributed by atoms with Crippen molar-refractivity contribution in [3.8, 4) is 0 Å². The Hall–Kier alpha value is -3.44. The number of carboxylic acids is 1. The number of halogens is 1. The Morgan fingerprint density at radius 3 is 2.38 bits per heavy atom. The molecule has 0 amide bonds. The Kier molecular flexibility index (Phi) is 5.74. The summed E-state index contributed by atoms with van der Waals surface area (Å²) in [4.78, 5) is 37.4. The molecule has 0 radical (unpaired) electrons. The molecule has 34 heavy (non-hydrogen) atoms. The summed E-state index contributed by atoms with van der Waals surface area (Å²) in [5, 5.41) is 20.3. The number of pyridine rings is 1. The van der Waals surface area contributed by atoms with Gasteiger partial charge in [0.15, 0.2) is 0 Å². The maximum absolute atomic E-state index is 15.1. The first kappa shape index (κ1) is 22.4. The molecule has 1 saturated heterocycles. The molecule has 3 aromatic rings. The SMILES string of the molecule is O=C(O)c1cn(C2CC2)c2cc(N3CCN(Sc4ccc([N+](=O)[O-])cc4)CC3)c(F)cc2c1=O. The van der Waals surface area contributed by atoms with Gasteiger partial charge in [0.1, 0.15) is 11.4 Å². The van der Waals surface area contributed by atoms with Gasteiger partial charge in [-0.25, -0.2) is 13.5 Å². The highest BCUT2D eigenvalue weighted by molar-refractivity contribution is 7.97. The van der Waals surface area contributed by atoms with Crippen LogP contribution in [0, 0.1) is 15.9 Å². The first-order valence-corrected chi connectivity index (χ1v) is 11.6. The van der Waals surface area contributed by atoms with Crippen molar-refractivity contribution < 1.29 is 19.2 Å². The van der Waals surface area contributed by atoms with Gasteiger partial charge in [0, 0.05) is 60.8 Å². The van der Waals surface area contributed by atoms with E-state index in [4.69, 9.17) is 0 Å². The van der Waals surface area contributed by atoms with Crippen LogP contribution in [0.15, 0.2) is 52.3 Å². The van der Waals surface area contributed by atoms with E-state index in [-0.39, 0.29) is 22.7 Å². The third-order valence-corrected chi connectivity index (χ3v) is 7.24. The number of non-ortho nitro benzene ring substituents is 1. The van der Waals surface area contributed by atoms with Crippen molar-refractivity contribution >= 4 is 40.2 Å². The number of fused-ring (bicyclic) bond motifs is 1. The summed E-state index contributed by atoms with van der Waals surface area (Å²) >= 11 is 1.50. The Balaban J connectivity index is 1.37. The summed E-state index contributed by atoms with van der Waals surface area (Å²) in [7, 11) is 0. The highest BCUT2D eigenvalue weighted by Gasteiger charge is 2.28. The number of benzene rings is 2. The van der Waals surface area contributed by atoms with Crippen LogP contribution in [0.4, 0.5) is 15.8 Å². The second-order valence-corrected chi connectivity index (χ2v) is 9.57. The zero-order valence-corrected chi connectivity index (χ0v) is 18.8. The molecule has 0 bridgehead atoms. The lowest BCUT2D eigenvalue weighted by atomic mass is 10.1. The van der Waals surface area contributed by atoms with Crippen LogP contribution in [0.5, 0.6) is 0 Å². The van der Waals surface area contributed by atoms with E-state index in [9.17, 15) is 24.8 Å². The topological polar surface area (TPSA) is 109 Å². The number of piperazine rings is 1. The molecule has 0 atom stereocenters. The van der Waals surface area contributed by atoms with Crippen LogP contribution in [-0.2, 0) is 0 Å². The smallest absolute Gasteiger partial charge is 0.341 e. The molecule has 1 N–H and O–H groups in total. The number of rotatable bonds is 6. The maximum Gasteiger partial charge on any atom is 0.341 e. The van der Waals surface area contributed by atoms with E-state index in [0.29, 0.717) is 37.4 Å². The van der Waals surface area contributed by atoms with E-state index < -0.39 is 22.1 Å². The third kappa shape index (κ3) is 4.24. The molecule has 2 heterocycles. The van der Waals surface area contributed by atoms with Crippen molar-refractivity contribution in [2.75, 3.05) is 31.1 Å². The lowest BCUT2D eigenvalue weighted by molar-refractivity contribution is -0.384. The Labute approximate surface area is 197 Å². The predicted octanol–water partition coefficient (Wildman–Crippen LogP) is 3.91. The van der Waals surface area contributed by atoms with E-state index in [1.54, 1.807) is 22.8 Å². The van der Waals surface area contributed by atoms with Gasteiger partial charge in [-0.15, -0.1) is 0 Å². The quantitative estimate of drug-likeness (QED) is 0.319. The number of aromatic carboxylic acids is 1. The zero-order valence-electron chi connectivity index (χ0n) is 18.0. The van der Waals surface area contributed by atoms with Gasteiger partial charge in [0.2, 0.25) is 5.43 Å². The van der Waals surface area contributed by atoms with Gasteiger partial charge in [0.05, 0.1) is 16.1 Å². The molecule has 1 saturated carbocycles. The van der Waals surface area contributed by atoms with Crippen LogP contribution in [-0.4, -0.2) is 51.1 Å². The molecule has 0 spiro atoms. The van der Waals surface area contributed by atoms with Crippen LogP contribution in [0.1, 0.15) is 29.2 Å². The summed E-state index contributed by atoms with van der Waals surface area (Å²) in [5.41, 5.74) is -0.0281. The zero-order chi connectivity index (χ0) is 24.0. The van der Waals surface area contributed by atoms with E-state index in [0.717, 1.165) is 23.8 Å². The van der Waals surface area contributed by atoms with Crippen LogP contribution in [0.2, 0.25) is 0 Å². The van der Waals surface area contributed by atoms with Gasteiger partial charge in [-0.05, 0) is 49.1 Å². The molecule has 1 aliphatic heterocycles. The molecule has 9 nitrogen and oxygen atoms in total. The van der Waals surface area contributed by atoms with Gasteiger partial charge < -0.3 is 14.6 Å². The molecule has 2 aliphatic rings. The lowest BCUT2D eigenvalue weighted by Crippen LogP contribution is -2.43. The first-order valence-electron chi connectivity index (χ1n) is 10.9. The number of nitro benzene ring substituents is 1. The second kappa shape index (κ2) is 8.73. The molecular formula is C23H21FN4O5S. The number of hydrogen-bond donors (Lipinski definition) is 1. The van der Waals surface area contributed by atoms with Crippen LogP contribution < -0.4 is 10.3 Å². The molecule has 2 aromatic carbocycles. The van der Waals surface area contributed by atoms with Crippen molar-refractivity contribution in [2.45, 2.75) is 23.8 Å². The largest absolute Gasteiger partial charge is 0.477 e. The summed E-state index contributed by atoms with van der Waals surface area (Å²) in [6.45, 7) is 2.41. The van der Waals surface area contributed by atoms with E-state index in [2.05, 4.69) is 4.31 Å². The van der Waals surface area contributed by atoms with E-state index in [1.165, 1.54) is 30.3 Å². The highest BCUT2D eigenvalue weighted by atomic mass is 32.2. The fraction of sp³-hybridized carbons (Fsp3) is 0.304. The average Bonchev–Trinajstić information content (AvgIpc) is 3.65. The Morgan fingerprint density at radius 2 is 1.79 bits per heavy atom. The Bertz CT molecular complexity index is 1350. The maximum atomic E-state index is 15.1. The third-order valence-electron chi connectivity index (χ3n) is 6.13. The van der Waals surface area contributed by atoms with Crippen molar-refractivity contribution in [1.29, 1.82) is 0 Å². The minimum Gasteiger partial charge on any atom is -0.477 e. The molecule has 5 rings (SSSR count). The summed E-state index contributed by atoms with van der Waals surface area (Å²) < 4.78 is 19.0. The monoisotopic (exact) mass is 484 g/mol. The Morgan fingerprint density at radius 1 is 1.12 bits per heavy atom. The lowest BCUT2D eigenvalue weighted by Gasteiger charge is -2.35. The number of hydrogen-bond acceptors (Lipinski definition) is 7. The average molecular weight is 485 g/mol. The van der Waals surface area contributed by atoms with Crippen molar-refractivity contribution in [3.05, 3.63) is 74.3 Å². The summed E-state index contributed by atoms with van der Waals surface area (Å²) in [6, 6.07) is 9.30. The molecule has 176 valence electrons. The van der Waals surface area contributed by atoms with Gasteiger partial charge in [-0.1, -0.05) is 0 Å². The second-order valence-electron chi connectivity index (χ2n) is 8.39. The molecule has 1 aliphatic carbocycles. The number of aromatic nitrogens is 1. The van der Waals surface area contributed by atoms with Crippen molar-refractivity contribution in [2.24, 2.45) is 0 Å². The van der Waals surface area contributed by atoms with Gasteiger partial charge >= 0.3 is 5.97 Å². The fourth-order valence-electron chi connectivity index (χ4n) is 4.21. The number of nitrogens with zero attached hydrogens (tertiary/aromatic N) is 4. The summed E-state index contributed by atoms with van der Waals surface area (Å²) in [5.74, 6) is -1.86. The normalized spacial score (nSPS) is 16.7. The van der Waals surface area contributed by atoms with Crippen molar-refractivity contribution in [1.82, 2.24) is 8.87 Å². The van der Waals surface area contributed by atoms with Crippen molar-refractivity contribution in [3.63, 3.8) is 0 Å². The van der Waals surface area contributed by atoms with Gasteiger partial charge in [-0.3, -0.25) is 14.9 Å². The number of carbonyl (C=O) groups is 1. The first-order chi connectivity index (χ1) is 16.3. The minimum absolute atomic E-state index is 0.0427. The van der Waals surface area contributed by atoms with Crippen LogP contribution >= 0.6 is 11.9 Å². The fourth-order valence-corrected chi connectivity index (χ4v) is 5.11. The molecule has 1 aromatic heterocycles.